The highest BCUT2D eigenvalue weighted by Gasteiger charge is 2.20. The maximum absolute atomic E-state index is 11.6. The number of nitro benzene ring substituents is 1. The van der Waals surface area contributed by atoms with Crippen molar-refractivity contribution >= 4 is 23.3 Å². The van der Waals surface area contributed by atoms with Gasteiger partial charge < -0.3 is 4.74 Å². The Morgan fingerprint density at radius 2 is 2.30 bits per heavy atom. The first kappa shape index (κ1) is 14.0. The Kier molecular flexibility index (Phi) is 3.99. The maximum Gasteiger partial charge on any atom is 0.341 e. The van der Waals surface area contributed by atoms with E-state index in [9.17, 15) is 14.9 Å². The number of carbonyl (C=O) groups excluding carboxylic acids is 1. The van der Waals surface area contributed by atoms with Gasteiger partial charge in [-0.2, -0.15) is 5.10 Å². The standard InChI is InChI=1S/C12H10ClN3O4/c1-2-20-12(17)8-6-14-15(7-8)11-9(13)4-3-5-10(11)16(18)19/h3-7H,2H2,1H3. The van der Waals surface area contributed by atoms with Crippen LogP contribution < -0.4 is 0 Å². The quantitative estimate of drug-likeness (QED) is 0.491. The minimum absolute atomic E-state index is 0.106. The molecule has 0 unspecified atom stereocenters. The first-order chi connectivity index (χ1) is 9.54. The van der Waals surface area contributed by atoms with Crippen molar-refractivity contribution < 1.29 is 14.5 Å². The summed E-state index contributed by atoms with van der Waals surface area (Å²) in [6.45, 7) is 1.91. The van der Waals surface area contributed by atoms with Gasteiger partial charge >= 0.3 is 5.97 Å². The molecule has 0 radical (unpaired) electrons. The summed E-state index contributed by atoms with van der Waals surface area (Å²) in [7, 11) is 0. The number of hydrogen-bond donors (Lipinski definition) is 0. The molecule has 20 heavy (non-hydrogen) atoms. The van der Waals surface area contributed by atoms with Crippen LogP contribution in [0.5, 0.6) is 0 Å². The molecule has 7 nitrogen and oxygen atoms in total. The summed E-state index contributed by atoms with van der Waals surface area (Å²) < 4.78 is 6.01. The molecule has 0 saturated carbocycles. The number of nitrogens with zero attached hydrogens (tertiary/aromatic N) is 3. The van der Waals surface area contributed by atoms with Gasteiger partial charge in [0, 0.05) is 12.3 Å². The van der Waals surface area contributed by atoms with Crippen LogP contribution in [-0.2, 0) is 4.74 Å². The summed E-state index contributed by atoms with van der Waals surface area (Å²) in [4.78, 5) is 22.0. The van der Waals surface area contributed by atoms with Crippen molar-refractivity contribution in [1.29, 1.82) is 0 Å². The van der Waals surface area contributed by atoms with Gasteiger partial charge in [-0.15, -0.1) is 0 Å². The highest BCUT2D eigenvalue weighted by molar-refractivity contribution is 6.32. The van der Waals surface area contributed by atoms with E-state index in [4.69, 9.17) is 16.3 Å². The van der Waals surface area contributed by atoms with E-state index in [0.29, 0.717) is 0 Å². The van der Waals surface area contributed by atoms with Crippen molar-refractivity contribution in [1.82, 2.24) is 9.78 Å². The highest BCUT2D eigenvalue weighted by atomic mass is 35.5. The summed E-state index contributed by atoms with van der Waals surface area (Å²) in [5.74, 6) is -0.548. The minimum atomic E-state index is -0.563. The Labute approximate surface area is 118 Å². The van der Waals surface area contributed by atoms with Gasteiger partial charge in [-0.05, 0) is 13.0 Å². The third kappa shape index (κ3) is 2.62. The SMILES string of the molecule is CCOC(=O)c1cnn(-c2c(Cl)cccc2[N+](=O)[O-])c1. The molecule has 0 aliphatic rings. The van der Waals surface area contributed by atoms with Crippen LogP contribution >= 0.6 is 11.6 Å². The Hall–Kier alpha value is -2.41. The van der Waals surface area contributed by atoms with Crippen LogP contribution in [0, 0.1) is 10.1 Å². The van der Waals surface area contributed by atoms with Crippen LogP contribution in [0.2, 0.25) is 5.02 Å². The number of halogens is 1. The second-order valence-corrected chi connectivity index (χ2v) is 4.17. The molecule has 0 amide bonds. The van der Waals surface area contributed by atoms with Gasteiger partial charge in [-0.25, -0.2) is 9.48 Å². The lowest BCUT2D eigenvalue weighted by Crippen LogP contribution is -2.04. The molecule has 0 aliphatic heterocycles. The van der Waals surface area contributed by atoms with Crippen LogP contribution in [0.1, 0.15) is 17.3 Å². The topological polar surface area (TPSA) is 87.3 Å². The van der Waals surface area contributed by atoms with Crippen LogP contribution in [0.15, 0.2) is 30.6 Å². The molecule has 0 spiro atoms. The van der Waals surface area contributed by atoms with Crippen molar-refractivity contribution in [3.8, 4) is 5.69 Å². The molecule has 8 heteroatoms. The molecule has 104 valence electrons. The highest BCUT2D eigenvalue weighted by Crippen LogP contribution is 2.29. The van der Waals surface area contributed by atoms with E-state index in [-0.39, 0.29) is 28.6 Å². The van der Waals surface area contributed by atoms with Gasteiger partial charge in [0.15, 0.2) is 5.69 Å². The van der Waals surface area contributed by atoms with Crippen LogP contribution in [0.4, 0.5) is 5.69 Å². The molecular formula is C12H10ClN3O4. The molecular weight excluding hydrogens is 286 g/mol. The maximum atomic E-state index is 11.6. The number of ether oxygens (including phenoxy) is 1. The average Bonchev–Trinajstić information content (AvgIpc) is 2.88. The van der Waals surface area contributed by atoms with Gasteiger partial charge in [-0.1, -0.05) is 17.7 Å². The molecule has 1 heterocycles. The Morgan fingerprint density at radius 1 is 1.55 bits per heavy atom. The second-order valence-electron chi connectivity index (χ2n) is 3.76. The number of para-hydroxylation sites is 1. The Bertz CT molecular complexity index is 668. The predicted molar refractivity (Wildman–Crippen MR) is 71.2 cm³/mol. The molecule has 0 atom stereocenters. The number of benzene rings is 1. The van der Waals surface area contributed by atoms with Gasteiger partial charge in [0.05, 0.1) is 28.3 Å². The molecule has 0 aliphatic carbocycles. The summed E-state index contributed by atoms with van der Waals surface area (Å²) in [5, 5.41) is 15.1. The van der Waals surface area contributed by atoms with E-state index >= 15 is 0 Å². The summed E-state index contributed by atoms with van der Waals surface area (Å²) >= 11 is 5.98. The molecule has 0 saturated heterocycles. The zero-order valence-electron chi connectivity index (χ0n) is 10.4. The van der Waals surface area contributed by atoms with E-state index in [1.807, 2.05) is 0 Å². The lowest BCUT2D eigenvalue weighted by molar-refractivity contribution is -0.384. The van der Waals surface area contributed by atoms with Crippen LogP contribution in [-0.4, -0.2) is 27.3 Å². The van der Waals surface area contributed by atoms with E-state index in [0.717, 1.165) is 0 Å². The van der Waals surface area contributed by atoms with Gasteiger partial charge in [0.2, 0.25) is 0 Å². The molecule has 2 rings (SSSR count). The third-order valence-corrected chi connectivity index (χ3v) is 2.79. The molecule has 1 aromatic heterocycles. The first-order valence-electron chi connectivity index (χ1n) is 5.69. The van der Waals surface area contributed by atoms with Crippen LogP contribution in [0.25, 0.3) is 5.69 Å². The zero-order chi connectivity index (χ0) is 14.7. The molecule has 2 aromatic rings. The van der Waals surface area contributed by atoms with Crippen molar-refractivity contribution in [2.45, 2.75) is 6.92 Å². The summed E-state index contributed by atoms with van der Waals surface area (Å²) in [5.41, 5.74) is 0.104. The number of nitro groups is 1. The lowest BCUT2D eigenvalue weighted by atomic mass is 10.2. The largest absolute Gasteiger partial charge is 0.462 e. The summed E-state index contributed by atoms with van der Waals surface area (Å²) in [6.07, 6.45) is 2.61. The number of hydrogen-bond acceptors (Lipinski definition) is 5. The third-order valence-electron chi connectivity index (χ3n) is 2.49. The fourth-order valence-corrected chi connectivity index (χ4v) is 1.90. The normalized spacial score (nSPS) is 10.3. The fourth-order valence-electron chi connectivity index (χ4n) is 1.64. The Balaban J connectivity index is 2.47. The first-order valence-corrected chi connectivity index (χ1v) is 6.07. The van der Waals surface area contributed by atoms with Gasteiger partial charge in [0.1, 0.15) is 0 Å². The van der Waals surface area contributed by atoms with Gasteiger partial charge in [-0.3, -0.25) is 10.1 Å². The van der Waals surface area contributed by atoms with Crippen molar-refractivity contribution in [2.75, 3.05) is 6.61 Å². The predicted octanol–water partition coefficient (Wildman–Crippen LogP) is 2.61. The van der Waals surface area contributed by atoms with Crippen molar-refractivity contribution in [3.05, 3.63) is 51.3 Å². The fraction of sp³-hybridized carbons (Fsp3) is 0.167. The number of aromatic nitrogens is 2. The van der Waals surface area contributed by atoms with E-state index in [1.54, 1.807) is 6.92 Å². The van der Waals surface area contributed by atoms with Crippen molar-refractivity contribution in [3.63, 3.8) is 0 Å². The molecule has 0 fully saturated rings. The van der Waals surface area contributed by atoms with Gasteiger partial charge in [0.25, 0.3) is 5.69 Å². The number of rotatable bonds is 4. The minimum Gasteiger partial charge on any atom is -0.462 e. The van der Waals surface area contributed by atoms with E-state index in [2.05, 4.69) is 5.10 Å². The molecule has 1 aromatic carbocycles. The zero-order valence-corrected chi connectivity index (χ0v) is 11.2. The summed E-state index contributed by atoms with van der Waals surface area (Å²) in [6, 6.07) is 4.29. The van der Waals surface area contributed by atoms with Crippen LogP contribution in [0.3, 0.4) is 0 Å². The smallest absolute Gasteiger partial charge is 0.341 e. The monoisotopic (exact) mass is 295 g/mol. The number of esters is 1. The van der Waals surface area contributed by atoms with Crippen molar-refractivity contribution in [2.24, 2.45) is 0 Å². The Morgan fingerprint density at radius 3 is 2.95 bits per heavy atom. The van der Waals surface area contributed by atoms with E-state index < -0.39 is 10.9 Å². The lowest BCUT2D eigenvalue weighted by Gasteiger charge is -2.04. The molecule has 0 bridgehead atoms. The average molecular weight is 296 g/mol. The number of carbonyl (C=O) groups is 1. The van der Waals surface area contributed by atoms with E-state index in [1.165, 1.54) is 35.3 Å². The second kappa shape index (κ2) is 5.70. The molecule has 0 N–H and O–H groups in total.